The van der Waals surface area contributed by atoms with Crippen LogP contribution in [0.5, 0.6) is 5.75 Å². The van der Waals surface area contributed by atoms with Crippen molar-refractivity contribution in [1.82, 2.24) is 0 Å². The van der Waals surface area contributed by atoms with Gasteiger partial charge in [0.2, 0.25) is 0 Å². The fraction of sp³-hybridized carbons (Fsp3) is 0.188. The topological polar surface area (TPSA) is 81.5 Å². The van der Waals surface area contributed by atoms with Gasteiger partial charge >= 0.3 is 0 Å². The van der Waals surface area contributed by atoms with Crippen LogP contribution < -0.4 is 10.1 Å². The molecule has 0 aliphatic heterocycles. The molecule has 0 unspecified atom stereocenters. The van der Waals surface area contributed by atoms with Crippen LogP contribution in [0.3, 0.4) is 0 Å². The van der Waals surface area contributed by atoms with E-state index in [1.165, 1.54) is 12.1 Å². The number of nitro groups is 1. The number of anilines is 1. The average molecular weight is 335 g/mol. The number of nitrogens with one attached hydrogen (secondary N) is 1. The lowest BCUT2D eigenvalue weighted by atomic mass is 10.2. The first-order chi connectivity index (χ1) is 10.9. The summed E-state index contributed by atoms with van der Waals surface area (Å²) in [5.41, 5.74) is 0.373. The molecule has 23 heavy (non-hydrogen) atoms. The minimum atomic E-state index is -0.629. The summed E-state index contributed by atoms with van der Waals surface area (Å²) in [5, 5.41) is 13.5. The Balaban J connectivity index is 2.19. The molecular weight excluding hydrogens is 320 g/mol. The smallest absolute Gasteiger partial charge is 0.288 e. The number of carbonyl (C=O) groups excluding carboxylic acids is 1. The largest absolute Gasteiger partial charge is 0.491 e. The molecule has 0 spiro atoms. The van der Waals surface area contributed by atoms with Crippen molar-refractivity contribution in [1.29, 1.82) is 0 Å². The Morgan fingerprint density at radius 1 is 1.26 bits per heavy atom. The van der Waals surface area contributed by atoms with Crippen molar-refractivity contribution in [2.24, 2.45) is 0 Å². The van der Waals surface area contributed by atoms with E-state index in [1.807, 2.05) is 13.8 Å². The van der Waals surface area contributed by atoms with Gasteiger partial charge in [0, 0.05) is 23.4 Å². The summed E-state index contributed by atoms with van der Waals surface area (Å²) in [6, 6.07) is 10.8. The van der Waals surface area contributed by atoms with Crippen molar-refractivity contribution >= 4 is 28.9 Å². The zero-order valence-corrected chi connectivity index (χ0v) is 13.3. The molecule has 0 atom stereocenters. The number of carbonyl (C=O) groups is 1. The second kappa shape index (κ2) is 7.11. The van der Waals surface area contributed by atoms with Crippen molar-refractivity contribution in [3.8, 4) is 5.75 Å². The summed E-state index contributed by atoms with van der Waals surface area (Å²) in [7, 11) is 0. The number of ether oxygens (including phenoxy) is 1. The molecule has 0 aromatic heterocycles. The highest BCUT2D eigenvalue weighted by Gasteiger charge is 2.16. The van der Waals surface area contributed by atoms with Gasteiger partial charge in [0.15, 0.2) is 0 Å². The lowest BCUT2D eigenvalue weighted by Gasteiger charge is -2.11. The van der Waals surface area contributed by atoms with E-state index in [-0.39, 0.29) is 22.4 Å². The number of benzene rings is 2. The summed E-state index contributed by atoms with van der Waals surface area (Å²) >= 11 is 5.74. The number of hydrogen-bond donors (Lipinski definition) is 1. The third-order valence-electron chi connectivity index (χ3n) is 2.87. The fourth-order valence-corrected chi connectivity index (χ4v) is 2.10. The third kappa shape index (κ3) is 4.43. The first-order valence-corrected chi connectivity index (χ1v) is 7.26. The molecule has 2 rings (SSSR count). The van der Waals surface area contributed by atoms with Crippen LogP contribution in [0.15, 0.2) is 42.5 Å². The van der Waals surface area contributed by atoms with Crippen molar-refractivity contribution in [3.05, 3.63) is 63.2 Å². The summed E-state index contributed by atoms with van der Waals surface area (Å²) in [5.74, 6) is 0.159. The number of amides is 1. The Kier molecular flexibility index (Phi) is 5.18. The van der Waals surface area contributed by atoms with Gasteiger partial charge in [0.1, 0.15) is 10.8 Å². The first kappa shape index (κ1) is 16.8. The molecule has 7 heteroatoms. The molecule has 0 saturated heterocycles. The molecule has 2 aromatic carbocycles. The minimum Gasteiger partial charge on any atom is -0.491 e. The highest BCUT2D eigenvalue weighted by atomic mass is 35.5. The second-order valence-electron chi connectivity index (χ2n) is 5.07. The van der Waals surface area contributed by atoms with Crippen molar-refractivity contribution < 1.29 is 14.5 Å². The van der Waals surface area contributed by atoms with Crippen LogP contribution in [0, 0.1) is 10.1 Å². The number of rotatable bonds is 5. The molecule has 1 N–H and O–H groups in total. The van der Waals surface area contributed by atoms with Crippen molar-refractivity contribution in [2.45, 2.75) is 20.0 Å². The van der Waals surface area contributed by atoms with E-state index in [0.29, 0.717) is 11.4 Å². The Bertz CT molecular complexity index is 747. The number of hydrogen-bond acceptors (Lipinski definition) is 4. The SMILES string of the molecule is CC(C)Oc1cccc(NC(=O)c2ccc(Cl)c([N+](=O)[O-])c2)c1. The Labute approximate surface area is 138 Å². The van der Waals surface area contributed by atoms with E-state index in [0.717, 1.165) is 6.07 Å². The van der Waals surface area contributed by atoms with Crippen LogP contribution >= 0.6 is 11.6 Å². The Hall–Kier alpha value is -2.60. The zero-order valence-electron chi connectivity index (χ0n) is 12.6. The molecule has 0 saturated carbocycles. The molecule has 0 aliphatic rings. The molecule has 0 aliphatic carbocycles. The third-order valence-corrected chi connectivity index (χ3v) is 3.19. The Morgan fingerprint density at radius 3 is 2.65 bits per heavy atom. The minimum absolute atomic E-state index is 0.0138. The predicted octanol–water partition coefficient (Wildman–Crippen LogP) is 4.29. The van der Waals surface area contributed by atoms with Crippen LogP contribution in [0.2, 0.25) is 5.02 Å². The molecule has 0 radical (unpaired) electrons. The number of halogens is 1. The van der Waals surface area contributed by atoms with Crippen LogP contribution in [-0.2, 0) is 0 Å². The van der Waals surface area contributed by atoms with Gasteiger partial charge < -0.3 is 10.1 Å². The summed E-state index contributed by atoms with van der Waals surface area (Å²) in [6.45, 7) is 3.80. The molecule has 0 bridgehead atoms. The predicted molar refractivity (Wildman–Crippen MR) is 88.3 cm³/mol. The lowest BCUT2D eigenvalue weighted by molar-refractivity contribution is -0.384. The van der Waals surface area contributed by atoms with Gasteiger partial charge in [-0.1, -0.05) is 17.7 Å². The van der Waals surface area contributed by atoms with Gasteiger partial charge in [-0.25, -0.2) is 0 Å². The maximum atomic E-state index is 12.2. The van der Waals surface area contributed by atoms with Gasteiger partial charge in [-0.05, 0) is 38.1 Å². The van der Waals surface area contributed by atoms with Gasteiger partial charge in [0.25, 0.3) is 11.6 Å². The number of nitro benzene ring substituents is 1. The van der Waals surface area contributed by atoms with E-state index >= 15 is 0 Å². The van der Waals surface area contributed by atoms with Crippen LogP contribution in [-0.4, -0.2) is 16.9 Å². The maximum Gasteiger partial charge on any atom is 0.288 e. The molecule has 0 fully saturated rings. The summed E-state index contributed by atoms with van der Waals surface area (Å²) < 4.78 is 5.55. The summed E-state index contributed by atoms with van der Waals surface area (Å²) in [4.78, 5) is 22.5. The van der Waals surface area contributed by atoms with Gasteiger partial charge in [0.05, 0.1) is 11.0 Å². The molecule has 2 aromatic rings. The average Bonchev–Trinajstić information content (AvgIpc) is 2.46. The van der Waals surface area contributed by atoms with Gasteiger partial charge in [-0.2, -0.15) is 0 Å². The van der Waals surface area contributed by atoms with E-state index in [2.05, 4.69) is 5.32 Å². The summed E-state index contributed by atoms with van der Waals surface area (Å²) in [6.07, 6.45) is 0.0138. The molecule has 120 valence electrons. The van der Waals surface area contributed by atoms with E-state index in [9.17, 15) is 14.9 Å². The highest BCUT2D eigenvalue weighted by molar-refractivity contribution is 6.32. The zero-order chi connectivity index (χ0) is 17.0. The molecule has 6 nitrogen and oxygen atoms in total. The van der Waals surface area contributed by atoms with Crippen LogP contribution in [0.4, 0.5) is 11.4 Å². The highest BCUT2D eigenvalue weighted by Crippen LogP contribution is 2.26. The van der Waals surface area contributed by atoms with Gasteiger partial charge in [-0.15, -0.1) is 0 Å². The lowest BCUT2D eigenvalue weighted by Crippen LogP contribution is -2.12. The standard InChI is InChI=1S/C16H15ClN2O4/c1-10(2)23-13-5-3-4-12(9-13)18-16(20)11-6-7-14(17)15(8-11)19(21)22/h3-10H,1-2H3,(H,18,20). The van der Waals surface area contributed by atoms with E-state index < -0.39 is 10.8 Å². The van der Waals surface area contributed by atoms with Crippen LogP contribution in [0.25, 0.3) is 0 Å². The van der Waals surface area contributed by atoms with E-state index in [4.69, 9.17) is 16.3 Å². The first-order valence-electron chi connectivity index (χ1n) is 6.89. The van der Waals surface area contributed by atoms with Gasteiger partial charge in [-0.3, -0.25) is 14.9 Å². The number of nitrogens with zero attached hydrogens (tertiary/aromatic N) is 1. The van der Waals surface area contributed by atoms with Crippen molar-refractivity contribution in [3.63, 3.8) is 0 Å². The normalized spacial score (nSPS) is 10.4. The quantitative estimate of drug-likeness (QED) is 0.653. The maximum absolute atomic E-state index is 12.2. The second-order valence-corrected chi connectivity index (χ2v) is 5.48. The van der Waals surface area contributed by atoms with Crippen LogP contribution in [0.1, 0.15) is 24.2 Å². The Morgan fingerprint density at radius 2 is 2.00 bits per heavy atom. The monoisotopic (exact) mass is 334 g/mol. The molecular formula is C16H15ClN2O4. The molecule has 0 heterocycles. The van der Waals surface area contributed by atoms with Crippen molar-refractivity contribution in [2.75, 3.05) is 5.32 Å². The fourth-order valence-electron chi connectivity index (χ4n) is 1.92. The molecule has 1 amide bonds. The van der Waals surface area contributed by atoms with E-state index in [1.54, 1.807) is 24.3 Å².